The second-order valence-electron chi connectivity index (χ2n) is 18.3. The SMILES string of the molecule is COc1c(C)c(O)cc(C/C=C(\C)CC/C=C(\C)CC/C=C(\C)CC/C=C(\C)CC/C=C(\C)CC/C=C(\C)CC/C=C(\C)CC/C=C(\C)CC/C=C(\C)CCC=C(C)C)c1O. The van der Waals surface area contributed by atoms with E-state index in [1.54, 1.807) is 13.0 Å². The molecule has 0 aliphatic carbocycles. The average Bonchev–Trinajstić information content (AvgIpc) is 3.19. The first-order chi connectivity index (χ1) is 29.0. The number of rotatable bonds is 30. The van der Waals surface area contributed by atoms with E-state index in [4.69, 9.17) is 4.74 Å². The normalized spacial score (nSPS) is 14.3. The van der Waals surface area contributed by atoms with Crippen molar-refractivity contribution >= 4 is 0 Å². The van der Waals surface area contributed by atoms with E-state index >= 15 is 0 Å². The van der Waals surface area contributed by atoms with Gasteiger partial charge in [0.1, 0.15) is 5.75 Å². The molecule has 340 valence electrons. The quantitative estimate of drug-likeness (QED) is 0.0600. The summed E-state index contributed by atoms with van der Waals surface area (Å²) in [6.45, 7) is 26.5. The lowest BCUT2D eigenvalue weighted by molar-refractivity contribution is 0.362. The van der Waals surface area contributed by atoms with Crippen molar-refractivity contribution in [2.45, 2.75) is 205 Å². The van der Waals surface area contributed by atoms with Crippen LogP contribution in [-0.2, 0) is 6.42 Å². The fourth-order valence-electron chi connectivity index (χ4n) is 7.35. The van der Waals surface area contributed by atoms with Gasteiger partial charge in [-0.3, -0.25) is 0 Å². The highest BCUT2D eigenvalue weighted by molar-refractivity contribution is 5.57. The molecular formula is C58H90O3. The van der Waals surface area contributed by atoms with Gasteiger partial charge < -0.3 is 14.9 Å². The first-order valence-corrected chi connectivity index (χ1v) is 23.6. The molecule has 0 saturated carbocycles. The van der Waals surface area contributed by atoms with Crippen LogP contribution in [0.2, 0.25) is 0 Å². The highest BCUT2D eigenvalue weighted by atomic mass is 16.5. The van der Waals surface area contributed by atoms with Crippen molar-refractivity contribution in [2.24, 2.45) is 0 Å². The molecule has 0 saturated heterocycles. The van der Waals surface area contributed by atoms with Gasteiger partial charge in [0.25, 0.3) is 0 Å². The number of allylic oxidation sites excluding steroid dienone is 20. The zero-order valence-corrected chi connectivity index (χ0v) is 41.6. The summed E-state index contributed by atoms with van der Waals surface area (Å²) in [7, 11) is 1.51. The van der Waals surface area contributed by atoms with Crippen LogP contribution < -0.4 is 4.74 Å². The molecule has 0 aromatic heterocycles. The number of phenols is 2. The monoisotopic (exact) mass is 835 g/mol. The molecule has 0 radical (unpaired) electrons. The maximum absolute atomic E-state index is 10.5. The number of phenolic OH excluding ortho intramolecular Hbond substituents is 2. The highest BCUT2D eigenvalue weighted by Crippen LogP contribution is 2.39. The van der Waals surface area contributed by atoms with Crippen LogP contribution in [0, 0.1) is 6.92 Å². The Bertz CT molecular complexity index is 1770. The van der Waals surface area contributed by atoms with E-state index in [0.29, 0.717) is 23.3 Å². The molecule has 1 aromatic carbocycles. The van der Waals surface area contributed by atoms with Gasteiger partial charge in [0.05, 0.1) is 7.11 Å². The van der Waals surface area contributed by atoms with Crippen molar-refractivity contribution in [3.63, 3.8) is 0 Å². The van der Waals surface area contributed by atoms with Crippen LogP contribution in [0.25, 0.3) is 0 Å². The summed E-state index contributed by atoms with van der Waals surface area (Å²) in [6, 6.07) is 1.63. The molecule has 0 atom stereocenters. The Morgan fingerprint density at radius 3 is 0.902 bits per heavy atom. The number of benzene rings is 1. The Hall–Kier alpha value is -3.98. The first-order valence-electron chi connectivity index (χ1n) is 23.6. The molecule has 2 N–H and O–H groups in total. The van der Waals surface area contributed by atoms with Gasteiger partial charge in [-0.2, -0.15) is 0 Å². The van der Waals surface area contributed by atoms with E-state index < -0.39 is 0 Å². The van der Waals surface area contributed by atoms with Gasteiger partial charge in [0.15, 0.2) is 11.5 Å². The Kier molecular flexibility index (Phi) is 29.5. The van der Waals surface area contributed by atoms with E-state index in [1.165, 1.54) is 82.1 Å². The molecule has 0 aliphatic heterocycles. The average molecular weight is 835 g/mol. The fraction of sp³-hybridized carbons (Fsp3) is 0.552. The van der Waals surface area contributed by atoms with Crippen LogP contribution in [0.5, 0.6) is 17.2 Å². The van der Waals surface area contributed by atoms with Crippen LogP contribution in [0.4, 0.5) is 0 Å². The molecule has 0 bridgehead atoms. The van der Waals surface area contributed by atoms with Gasteiger partial charge in [0, 0.05) is 11.1 Å². The number of ether oxygens (including phenoxy) is 1. The molecule has 0 amide bonds. The molecule has 0 fully saturated rings. The summed E-state index contributed by atoms with van der Waals surface area (Å²) in [5.74, 6) is 0.606. The van der Waals surface area contributed by atoms with Crippen LogP contribution >= 0.6 is 0 Å². The van der Waals surface area contributed by atoms with Gasteiger partial charge in [-0.25, -0.2) is 0 Å². The minimum Gasteiger partial charge on any atom is -0.508 e. The van der Waals surface area contributed by atoms with Crippen LogP contribution in [0.1, 0.15) is 203 Å². The Labute approximate surface area is 376 Å². The molecule has 1 rings (SSSR count). The summed E-state index contributed by atoms with van der Waals surface area (Å²) in [4.78, 5) is 0. The van der Waals surface area contributed by atoms with Crippen LogP contribution in [0.3, 0.4) is 0 Å². The van der Waals surface area contributed by atoms with E-state index in [1.807, 2.05) is 0 Å². The zero-order chi connectivity index (χ0) is 45.6. The van der Waals surface area contributed by atoms with Crippen molar-refractivity contribution in [1.82, 2.24) is 0 Å². The van der Waals surface area contributed by atoms with Crippen LogP contribution in [-0.4, -0.2) is 17.3 Å². The Balaban J connectivity index is 2.28. The predicted octanol–water partition coefficient (Wildman–Crippen LogP) is 18.5. The minimum atomic E-state index is 0.112. The third-order valence-electron chi connectivity index (χ3n) is 11.8. The fourth-order valence-corrected chi connectivity index (χ4v) is 7.35. The molecule has 0 aliphatic rings. The second-order valence-corrected chi connectivity index (χ2v) is 18.3. The van der Waals surface area contributed by atoms with E-state index in [0.717, 1.165) is 96.3 Å². The minimum absolute atomic E-state index is 0.112. The number of methoxy groups -OCH3 is 1. The van der Waals surface area contributed by atoms with Gasteiger partial charge in [-0.15, -0.1) is 0 Å². The molecular weight excluding hydrogens is 745 g/mol. The second kappa shape index (κ2) is 32.7. The summed E-state index contributed by atoms with van der Waals surface area (Å²) < 4.78 is 5.28. The van der Waals surface area contributed by atoms with Gasteiger partial charge in [-0.05, 0) is 211 Å². The lowest BCUT2D eigenvalue weighted by Gasteiger charge is -2.12. The molecule has 0 spiro atoms. The lowest BCUT2D eigenvalue weighted by atomic mass is 10.0. The first kappa shape index (κ1) is 55.0. The third kappa shape index (κ3) is 27.6. The standard InChI is InChI=1S/C58H90O3/c1-44(2)23-14-24-45(3)25-15-26-46(4)27-16-28-47(5)29-17-30-48(6)31-18-32-49(7)33-19-34-50(8)35-20-36-51(9)37-21-38-52(10)39-22-40-53(11)41-42-55-43-56(59)54(12)58(61-13)57(55)60/h23,25,27,29,31,33,35,37,39,41,43,59-60H,14-22,24,26,28,30,32,34,36,38,40,42H2,1-13H3/b45-25+,46-27+,47-29+,48-31+,49-33+,50-35+,51-37+,52-39+,53-41+. The van der Waals surface area contributed by atoms with Gasteiger partial charge in [-0.1, -0.05) is 116 Å². The molecule has 0 unspecified atom stereocenters. The summed E-state index contributed by atoms with van der Waals surface area (Å²) >= 11 is 0. The Morgan fingerprint density at radius 2 is 0.656 bits per heavy atom. The van der Waals surface area contributed by atoms with Crippen molar-refractivity contribution in [2.75, 3.05) is 7.11 Å². The number of hydrogen-bond donors (Lipinski definition) is 2. The molecule has 3 heteroatoms. The molecule has 61 heavy (non-hydrogen) atoms. The van der Waals surface area contributed by atoms with E-state index in [2.05, 4.69) is 137 Å². The molecule has 3 nitrogen and oxygen atoms in total. The number of aromatic hydroxyl groups is 2. The summed E-state index contributed by atoms with van der Waals surface area (Å²) in [5.41, 5.74) is 15.9. The van der Waals surface area contributed by atoms with E-state index in [-0.39, 0.29) is 11.5 Å². The van der Waals surface area contributed by atoms with Crippen molar-refractivity contribution in [3.05, 3.63) is 134 Å². The maximum atomic E-state index is 10.5. The zero-order valence-electron chi connectivity index (χ0n) is 41.6. The third-order valence-corrected chi connectivity index (χ3v) is 11.8. The highest BCUT2D eigenvalue weighted by Gasteiger charge is 2.14. The van der Waals surface area contributed by atoms with E-state index in [9.17, 15) is 10.2 Å². The smallest absolute Gasteiger partial charge is 0.167 e. The van der Waals surface area contributed by atoms with Crippen molar-refractivity contribution in [1.29, 1.82) is 0 Å². The molecule has 0 heterocycles. The van der Waals surface area contributed by atoms with Gasteiger partial charge >= 0.3 is 0 Å². The molecule has 1 aromatic rings. The lowest BCUT2D eigenvalue weighted by Crippen LogP contribution is -1.93. The number of hydrogen-bond acceptors (Lipinski definition) is 3. The predicted molar refractivity (Wildman–Crippen MR) is 271 cm³/mol. The largest absolute Gasteiger partial charge is 0.508 e. The van der Waals surface area contributed by atoms with Crippen molar-refractivity contribution in [3.8, 4) is 17.2 Å². The topological polar surface area (TPSA) is 49.7 Å². The maximum Gasteiger partial charge on any atom is 0.167 e. The Morgan fingerprint density at radius 1 is 0.410 bits per heavy atom. The van der Waals surface area contributed by atoms with Crippen LogP contribution in [0.15, 0.2) is 123 Å². The summed E-state index contributed by atoms with van der Waals surface area (Å²) in [6.07, 6.45) is 44.8. The van der Waals surface area contributed by atoms with Crippen molar-refractivity contribution < 1.29 is 14.9 Å². The summed E-state index contributed by atoms with van der Waals surface area (Å²) in [5, 5.41) is 20.7. The van der Waals surface area contributed by atoms with Gasteiger partial charge in [0.2, 0.25) is 0 Å².